The smallest absolute Gasteiger partial charge is 0.242 e. The maximum atomic E-state index is 13.4. The molecule has 0 spiro atoms. The highest BCUT2D eigenvalue weighted by Crippen LogP contribution is 2.39. The standard InChI is InChI=1S/C33H53N3O3/c1-20(2)26-15-13-22(5)17-28(26)32(38)34-19-30(25-11-9-8-10-12-25)36-31(37)24(7)35-33(39)29-18-23(6)14-16-27(29)21(3)4/h8-12,20-24,26-30H,13-19H2,1-7H3,(H,34,38)(H,35,39)(H,36,37)/t22-,23-,24-,26+,27+,28-,29?,30-/m1/s1. The molecule has 2 aliphatic rings. The molecule has 3 N–H and O–H groups in total. The molecule has 2 saturated carbocycles. The minimum atomic E-state index is -0.658. The molecule has 0 bridgehead atoms. The maximum absolute atomic E-state index is 13.4. The second-order valence-electron chi connectivity index (χ2n) is 13.3. The van der Waals surface area contributed by atoms with Crippen LogP contribution < -0.4 is 16.0 Å². The molecule has 1 aromatic carbocycles. The van der Waals surface area contributed by atoms with Gasteiger partial charge in [0.15, 0.2) is 0 Å². The lowest BCUT2D eigenvalue weighted by Crippen LogP contribution is -2.51. The average Bonchev–Trinajstić information content (AvgIpc) is 2.90. The molecule has 1 unspecified atom stereocenters. The minimum Gasteiger partial charge on any atom is -0.353 e. The summed E-state index contributed by atoms with van der Waals surface area (Å²) in [6.45, 7) is 15.3. The van der Waals surface area contributed by atoms with Gasteiger partial charge < -0.3 is 16.0 Å². The normalized spacial score (nSPS) is 28.9. The van der Waals surface area contributed by atoms with Crippen LogP contribution in [0.15, 0.2) is 30.3 Å². The lowest BCUT2D eigenvalue weighted by molar-refractivity contribution is -0.134. The van der Waals surface area contributed by atoms with Crippen LogP contribution in [-0.2, 0) is 14.4 Å². The van der Waals surface area contributed by atoms with Crippen LogP contribution in [0.4, 0.5) is 0 Å². The minimum absolute atomic E-state index is 0.00544. The molecule has 0 aromatic heterocycles. The van der Waals surface area contributed by atoms with Crippen molar-refractivity contribution < 1.29 is 14.4 Å². The van der Waals surface area contributed by atoms with Crippen LogP contribution in [-0.4, -0.2) is 30.3 Å². The van der Waals surface area contributed by atoms with Crippen molar-refractivity contribution >= 4 is 17.7 Å². The van der Waals surface area contributed by atoms with E-state index in [2.05, 4.69) is 57.5 Å². The predicted octanol–water partition coefficient (Wildman–Crippen LogP) is 5.88. The summed E-state index contributed by atoms with van der Waals surface area (Å²) in [6.07, 6.45) is 6.27. The molecule has 218 valence electrons. The molecule has 0 radical (unpaired) electrons. The second kappa shape index (κ2) is 14.3. The zero-order valence-corrected chi connectivity index (χ0v) is 25.3. The Kier molecular flexibility index (Phi) is 11.4. The van der Waals surface area contributed by atoms with Crippen LogP contribution in [0.3, 0.4) is 0 Å². The van der Waals surface area contributed by atoms with Crippen molar-refractivity contribution in [2.45, 2.75) is 99.1 Å². The second-order valence-corrected chi connectivity index (χ2v) is 13.3. The number of benzene rings is 1. The van der Waals surface area contributed by atoms with Crippen molar-refractivity contribution in [2.24, 2.45) is 47.3 Å². The molecular weight excluding hydrogens is 486 g/mol. The van der Waals surface area contributed by atoms with Crippen molar-refractivity contribution in [1.82, 2.24) is 16.0 Å². The Hall–Kier alpha value is -2.37. The van der Waals surface area contributed by atoms with Crippen LogP contribution in [0.2, 0.25) is 0 Å². The van der Waals surface area contributed by atoms with E-state index in [0.717, 1.165) is 37.7 Å². The van der Waals surface area contributed by atoms with Crippen LogP contribution in [0, 0.1) is 47.3 Å². The van der Waals surface area contributed by atoms with Crippen molar-refractivity contribution in [2.75, 3.05) is 6.54 Å². The van der Waals surface area contributed by atoms with E-state index in [0.29, 0.717) is 42.1 Å². The highest BCUT2D eigenvalue weighted by atomic mass is 16.2. The van der Waals surface area contributed by atoms with Gasteiger partial charge >= 0.3 is 0 Å². The first kappa shape index (κ1) is 31.2. The fourth-order valence-electron chi connectivity index (χ4n) is 6.96. The van der Waals surface area contributed by atoms with Crippen LogP contribution in [0.5, 0.6) is 0 Å². The van der Waals surface area contributed by atoms with Crippen molar-refractivity contribution in [1.29, 1.82) is 0 Å². The third kappa shape index (κ3) is 8.56. The molecule has 3 rings (SSSR count). The topological polar surface area (TPSA) is 87.3 Å². The van der Waals surface area contributed by atoms with E-state index in [-0.39, 0.29) is 35.6 Å². The summed E-state index contributed by atoms with van der Waals surface area (Å²) < 4.78 is 0. The summed E-state index contributed by atoms with van der Waals surface area (Å²) in [7, 11) is 0. The van der Waals surface area contributed by atoms with Gasteiger partial charge in [0.25, 0.3) is 0 Å². The summed E-state index contributed by atoms with van der Waals surface area (Å²) >= 11 is 0. The molecule has 1 aromatic rings. The van der Waals surface area contributed by atoms with E-state index in [1.165, 1.54) is 6.42 Å². The summed E-state index contributed by atoms with van der Waals surface area (Å²) in [5, 5.41) is 9.30. The van der Waals surface area contributed by atoms with Crippen LogP contribution in [0.1, 0.15) is 98.6 Å². The van der Waals surface area contributed by atoms with Gasteiger partial charge in [-0.1, -0.05) is 84.7 Å². The zero-order chi connectivity index (χ0) is 28.7. The fourth-order valence-corrected chi connectivity index (χ4v) is 6.96. The fraction of sp³-hybridized carbons (Fsp3) is 0.727. The summed E-state index contributed by atoms with van der Waals surface area (Å²) in [5.41, 5.74) is 0.933. The first-order valence-electron chi connectivity index (χ1n) is 15.4. The number of carbonyl (C=O) groups is 3. The van der Waals surface area contributed by atoms with E-state index >= 15 is 0 Å². The molecule has 0 saturated heterocycles. The number of nitrogens with one attached hydrogen (secondary N) is 3. The molecule has 2 fully saturated rings. The van der Waals surface area contributed by atoms with Gasteiger partial charge in [0, 0.05) is 18.4 Å². The third-order valence-electron chi connectivity index (χ3n) is 9.47. The van der Waals surface area contributed by atoms with Gasteiger partial charge in [-0.25, -0.2) is 0 Å². The van der Waals surface area contributed by atoms with Gasteiger partial charge in [-0.2, -0.15) is 0 Å². The molecule has 6 nitrogen and oxygen atoms in total. The first-order valence-corrected chi connectivity index (χ1v) is 15.4. The van der Waals surface area contributed by atoms with Crippen molar-refractivity contribution in [3.8, 4) is 0 Å². The molecule has 0 aliphatic heterocycles. The largest absolute Gasteiger partial charge is 0.353 e. The molecule has 39 heavy (non-hydrogen) atoms. The maximum Gasteiger partial charge on any atom is 0.242 e. The van der Waals surface area contributed by atoms with Gasteiger partial charge in [-0.05, 0) is 73.7 Å². The van der Waals surface area contributed by atoms with E-state index in [1.54, 1.807) is 6.92 Å². The Morgan fingerprint density at radius 3 is 1.77 bits per heavy atom. The Bertz CT molecular complexity index is 947. The molecule has 8 atom stereocenters. The van der Waals surface area contributed by atoms with E-state index in [4.69, 9.17) is 0 Å². The Morgan fingerprint density at radius 1 is 0.744 bits per heavy atom. The van der Waals surface area contributed by atoms with Gasteiger partial charge in [0.05, 0.1) is 6.04 Å². The number of hydrogen-bond acceptors (Lipinski definition) is 3. The zero-order valence-electron chi connectivity index (χ0n) is 25.3. The molecular formula is C33H53N3O3. The Morgan fingerprint density at radius 2 is 1.26 bits per heavy atom. The SMILES string of the molecule is CC(C)[C@@H]1CC[C@@H](C)CC1C(=O)N[C@H](C)C(=O)N[C@H](CNC(=O)[C@@H]1C[C@H](C)CC[C@H]1C(C)C)c1ccccc1. The van der Waals surface area contributed by atoms with Crippen molar-refractivity contribution in [3.63, 3.8) is 0 Å². The lowest BCUT2D eigenvalue weighted by atomic mass is 9.69. The summed E-state index contributed by atoms with van der Waals surface area (Å²) in [5.74, 6) is 2.49. The first-order chi connectivity index (χ1) is 18.5. The van der Waals surface area contributed by atoms with Gasteiger partial charge in [-0.15, -0.1) is 0 Å². The van der Waals surface area contributed by atoms with Crippen LogP contribution in [0.25, 0.3) is 0 Å². The number of carbonyl (C=O) groups excluding carboxylic acids is 3. The van der Waals surface area contributed by atoms with Gasteiger partial charge in [0.2, 0.25) is 17.7 Å². The third-order valence-corrected chi connectivity index (χ3v) is 9.47. The van der Waals surface area contributed by atoms with E-state index in [1.807, 2.05) is 30.3 Å². The number of rotatable bonds is 10. The molecule has 0 heterocycles. The van der Waals surface area contributed by atoms with Crippen molar-refractivity contribution in [3.05, 3.63) is 35.9 Å². The van der Waals surface area contributed by atoms with Gasteiger partial charge in [-0.3, -0.25) is 14.4 Å². The Labute approximate surface area is 236 Å². The summed E-state index contributed by atoms with van der Waals surface area (Å²) in [6, 6.07) is 8.72. The molecule has 6 heteroatoms. The highest BCUT2D eigenvalue weighted by Gasteiger charge is 2.37. The monoisotopic (exact) mass is 539 g/mol. The lowest BCUT2D eigenvalue weighted by Gasteiger charge is -2.37. The predicted molar refractivity (Wildman–Crippen MR) is 158 cm³/mol. The quantitative estimate of drug-likeness (QED) is 0.347. The molecule has 3 amide bonds. The summed E-state index contributed by atoms with van der Waals surface area (Å²) in [4.78, 5) is 40.0. The van der Waals surface area contributed by atoms with E-state index in [9.17, 15) is 14.4 Å². The van der Waals surface area contributed by atoms with Gasteiger partial charge in [0.1, 0.15) is 6.04 Å². The van der Waals surface area contributed by atoms with E-state index < -0.39 is 6.04 Å². The van der Waals surface area contributed by atoms with Crippen LogP contribution >= 0.6 is 0 Å². The highest BCUT2D eigenvalue weighted by molar-refractivity contribution is 5.88. The Balaban J connectivity index is 1.65. The number of hydrogen-bond donors (Lipinski definition) is 3. The average molecular weight is 540 g/mol. The number of amides is 3. The molecule has 2 aliphatic carbocycles.